The SMILES string of the molecule is C1=CCC(c2nn(C3CCCCO3)c3cnc(-c4cccnc4)cc23)C1. The molecule has 1 fully saturated rings. The molecule has 5 rings (SSSR count). The molecule has 4 heterocycles. The van der Waals surface area contributed by atoms with Crippen LogP contribution in [0.25, 0.3) is 22.2 Å². The van der Waals surface area contributed by atoms with Gasteiger partial charge in [-0.3, -0.25) is 9.97 Å². The van der Waals surface area contributed by atoms with Crippen LogP contribution in [0.4, 0.5) is 0 Å². The lowest BCUT2D eigenvalue weighted by atomic mass is 9.99. The van der Waals surface area contributed by atoms with Gasteiger partial charge in [0, 0.05) is 35.9 Å². The molecular formula is C21H22N4O. The van der Waals surface area contributed by atoms with E-state index < -0.39 is 0 Å². The molecule has 1 aliphatic carbocycles. The molecule has 1 saturated heterocycles. The van der Waals surface area contributed by atoms with Crippen molar-refractivity contribution in [2.24, 2.45) is 0 Å². The second-order valence-corrected chi connectivity index (χ2v) is 7.12. The van der Waals surface area contributed by atoms with Crippen molar-refractivity contribution in [3.8, 4) is 11.3 Å². The highest BCUT2D eigenvalue weighted by molar-refractivity contribution is 5.85. The van der Waals surface area contributed by atoms with E-state index in [1.807, 2.05) is 24.5 Å². The Hall–Kier alpha value is -2.53. The molecule has 5 heteroatoms. The number of aromatic nitrogens is 4. The van der Waals surface area contributed by atoms with Crippen molar-refractivity contribution in [1.29, 1.82) is 0 Å². The third-order valence-electron chi connectivity index (χ3n) is 5.40. The van der Waals surface area contributed by atoms with Gasteiger partial charge in [-0.05, 0) is 50.3 Å². The monoisotopic (exact) mass is 346 g/mol. The van der Waals surface area contributed by atoms with Gasteiger partial charge >= 0.3 is 0 Å². The summed E-state index contributed by atoms with van der Waals surface area (Å²) < 4.78 is 8.08. The number of hydrogen-bond acceptors (Lipinski definition) is 4. The summed E-state index contributed by atoms with van der Waals surface area (Å²) in [6.07, 6.45) is 15.6. The van der Waals surface area contributed by atoms with E-state index >= 15 is 0 Å². The van der Waals surface area contributed by atoms with E-state index in [4.69, 9.17) is 14.8 Å². The van der Waals surface area contributed by atoms with Crippen LogP contribution in [0.15, 0.2) is 48.9 Å². The molecule has 0 aromatic carbocycles. The zero-order valence-electron chi connectivity index (χ0n) is 14.7. The lowest BCUT2D eigenvalue weighted by Crippen LogP contribution is -2.19. The summed E-state index contributed by atoms with van der Waals surface area (Å²) >= 11 is 0. The number of nitrogens with zero attached hydrogens (tertiary/aromatic N) is 4. The van der Waals surface area contributed by atoms with Gasteiger partial charge in [0.05, 0.1) is 23.1 Å². The fourth-order valence-electron chi connectivity index (χ4n) is 4.01. The molecule has 0 amide bonds. The average Bonchev–Trinajstić information content (AvgIpc) is 3.36. The first-order valence-electron chi connectivity index (χ1n) is 9.45. The third kappa shape index (κ3) is 2.72. The zero-order valence-corrected chi connectivity index (χ0v) is 14.7. The van der Waals surface area contributed by atoms with Crippen LogP contribution < -0.4 is 0 Å². The van der Waals surface area contributed by atoms with Crippen LogP contribution in [-0.2, 0) is 4.74 Å². The quantitative estimate of drug-likeness (QED) is 0.649. The van der Waals surface area contributed by atoms with Gasteiger partial charge in [-0.15, -0.1) is 0 Å². The van der Waals surface area contributed by atoms with Crippen molar-refractivity contribution in [2.75, 3.05) is 6.61 Å². The minimum absolute atomic E-state index is 0.0282. The highest BCUT2D eigenvalue weighted by atomic mass is 16.5. The van der Waals surface area contributed by atoms with Crippen molar-refractivity contribution in [1.82, 2.24) is 19.7 Å². The van der Waals surface area contributed by atoms with Crippen LogP contribution in [0.3, 0.4) is 0 Å². The molecule has 0 spiro atoms. The van der Waals surface area contributed by atoms with Crippen LogP contribution in [-0.4, -0.2) is 26.4 Å². The molecule has 0 radical (unpaired) electrons. The summed E-state index contributed by atoms with van der Waals surface area (Å²) in [5, 5.41) is 6.22. The van der Waals surface area contributed by atoms with E-state index in [-0.39, 0.29) is 6.23 Å². The van der Waals surface area contributed by atoms with Gasteiger partial charge in [-0.1, -0.05) is 12.2 Å². The highest BCUT2D eigenvalue weighted by Gasteiger charge is 2.25. The summed E-state index contributed by atoms with van der Waals surface area (Å²) in [6.45, 7) is 0.813. The number of hydrogen-bond donors (Lipinski definition) is 0. The summed E-state index contributed by atoms with van der Waals surface area (Å²) in [6, 6.07) is 6.17. The number of ether oxygens (including phenoxy) is 1. The normalized spacial score (nSPS) is 20.8. The van der Waals surface area contributed by atoms with Gasteiger partial charge in [-0.25, -0.2) is 4.68 Å². The standard InChI is InChI=1S/C21H22N4O/c1-2-7-15(6-1)21-17-12-18(16-8-5-10-22-13-16)23-14-19(17)25(24-21)20-9-3-4-11-26-20/h1-2,5,8,10,12-15,20H,3-4,6-7,9,11H2. The van der Waals surface area contributed by atoms with Crippen LogP contribution in [0.5, 0.6) is 0 Å². The second kappa shape index (κ2) is 6.65. The van der Waals surface area contributed by atoms with Gasteiger partial charge in [-0.2, -0.15) is 5.10 Å². The van der Waals surface area contributed by atoms with Gasteiger partial charge < -0.3 is 4.74 Å². The third-order valence-corrected chi connectivity index (χ3v) is 5.40. The second-order valence-electron chi connectivity index (χ2n) is 7.12. The Kier molecular flexibility index (Phi) is 4.02. The van der Waals surface area contributed by atoms with E-state index in [1.54, 1.807) is 6.20 Å². The molecule has 132 valence electrons. The number of allylic oxidation sites excluding steroid dienone is 2. The maximum Gasteiger partial charge on any atom is 0.150 e. The van der Waals surface area contributed by atoms with Crippen molar-refractivity contribution < 1.29 is 4.74 Å². The first kappa shape index (κ1) is 15.7. The van der Waals surface area contributed by atoms with Gasteiger partial charge in [0.1, 0.15) is 0 Å². The lowest BCUT2D eigenvalue weighted by Gasteiger charge is -2.23. The van der Waals surface area contributed by atoms with Gasteiger partial charge in [0.2, 0.25) is 0 Å². The minimum Gasteiger partial charge on any atom is -0.356 e. The molecular weight excluding hydrogens is 324 g/mol. The fourth-order valence-corrected chi connectivity index (χ4v) is 4.01. The van der Waals surface area contributed by atoms with E-state index in [0.717, 1.165) is 49.1 Å². The molecule has 1 unspecified atom stereocenters. The van der Waals surface area contributed by atoms with E-state index in [2.05, 4.69) is 27.9 Å². The minimum atomic E-state index is 0.0282. The first-order chi connectivity index (χ1) is 12.9. The molecule has 0 bridgehead atoms. The van der Waals surface area contributed by atoms with Crippen LogP contribution in [0.2, 0.25) is 0 Å². The molecule has 3 aromatic heterocycles. The van der Waals surface area contributed by atoms with Crippen LogP contribution >= 0.6 is 0 Å². The Morgan fingerprint density at radius 3 is 2.81 bits per heavy atom. The fraction of sp³-hybridized carbons (Fsp3) is 0.381. The Morgan fingerprint density at radius 1 is 1.12 bits per heavy atom. The summed E-state index contributed by atoms with van der Waals surface area (Å²) in [4.78, 5) is 8.93. The molecule has 26 heavy (non-hydrogen) atoms. The Morgan fingerprint density at radius 2 is 2.04 bits per heavy atom. The first-order valence-corrected chi connectivity index (χ1v) is 9.45. The van der Waals surface area contributed by atoms with Crippen molar-refractivity contribution in [3.63, 3.8) is 0 Å². The number of rotatable bonds is 3. The predicted octanol–water partition coefficient (Wildman–Crippen LogP) is 4.63. The maximum atomic E-state index is 6.01. The molecule has 0 saturated carbocycles. The summed E-state index contributed by atoms with van der Waals surface area (Å²) in [7, 11) is 0. The molecule has 2 aliphatic rings. The topological polar surface area (TPSA) is 52.8 Å². The average molecular weight is 346 g/mol. The van der Waals surface area contributed by atoms with E-state index in [1.165, 1.54) is 17.5 Å². The Balaban J connectivity index is 1.64. The zero-order chi connectivity index (χ0) is 17.3. The highest BCUT2D eigenvalue weighted by Crippen LogP contribution is 2.37. The van der Waals surface area contributed by atoms with Crippen LogP contribution in [0.1, 0.15) is 49.9 Å². The lowest BCUT2D eigenvalue weighted by molar-refractivity contribution is -0.0369. The van der Waals surface area contributed by atoms with Crippen molar-refractivity contribution in [3.05, 3.63) is 54.6 Å². The number of fused-ring (bicyclic) bond motifs is 1. The maximum absolute atomic E-state index is 6.01. The van der Waals surface area contributed by atoms with Crippen LogP contribution in [0, 0.1) is 0 Å². The molecule has 1 aliphatic heterocycles. The smallest absolute Gasteiger partial charge is 0.150 e. The predicted molar refractivity (Wildman–Crippen MR) is 101 cm³/mol. The Bertz CT molecular complexity index is 933. The van der Waals surface area contributed by atoms with Crippen molar-refractivity contribution in [2.45, 2.75) is 44.2 Å². The van der Waals surface area contributed by atoms with E-state index in [0.29, 0.717) is 5.92 Å². The molecule has 3 aromatic rings. The number of pyridine rings is 2. The Labute approximate surface area is 152 Å². The summed E-state index contributed by atoms with van der Waals surface area (Å²) in [5.74, 6) is 0.450. The largest absolute Gasteiger partial charge is 0.356 e. The molecule has 1 atom stereocenters. The van der Waals surface area contributed by atoms with E-state index in [9.17, 15) is 0 Å². The van der Waals surface area contributed by atoms with Gasteiger partial charge in [0.15, 0.2) is 6.23 Å². The molecule has 5 nitrogen and oxygen atoms in total. The summed E-state index contributed by atoms with van der Waals surface area (Å²) in [5.41, 5.74) is 4.23. The molecule has 0 N–H and O–H groups in total. The van der Waals surface area contributed by atoms with Crippen molar-refractivity contribution >= 4 is 10.9 Å². The van der Waals surface area contributed by atoms with Gasteiger partial charge in [0.25, 0.3) is 0 Å².